The van der Waals surface area contributed by atoms with E-state index < -0.39 is 0 Å². The smallest absolute Gasteiger partial charge is 0.273 e. The molecule has 0 bridgehead atoms. The van der Waals surface area contributed by atoms with Gasteiger partial charge in [0, 0.05) is 24.1 Å². The number of carbonyl (C=O) groups excluding carboxylic acids is 1. The molecule has 30 heavy (non-hydrogen) atoms. The van der Waals surface area contributed by atoms with Gasteiger partial charge in [-0.3, -0.25) is 9.59 Å². The molecule has 0 saturated carbocycles. The molecule has 0 aliphatic rings. The summed E-state index contributed by atoms with van der Waals surface area (Å²) in [5, 5.41) is 10.9. The average molecular weight is 408 g/mol. The fourth-order valence-corrected chi connectivity index (χ4v) is 2.77. The zero-order chi connectivity index (χ0) is 21.5. The summed E-state index contributed by atoms with van der Waals surface area (Å²) in [6.45, 7) is 3.88. The zero-order valence-electron chi connectivity index (χ0n) is 17.1. The van der Waals surface area contributed by atoms with Gasteiger partial charge >= 0.3 is 0 Å². The van der Waals surface area contributed by atoms with Gasteiger partial charge in [-0.1, -0.05) is 12.1 Å². The van der Waals surface area contributed by atoms with E-state index in [-0.39, 0.29) is 36.1 Å². The van der Waals surface area contributed by atoms with E-state index in [9.17, 15) is 9.59 Å². The lowest BCUT2D eigenvalue weighted by Crippen LogP contribution is -2.20. The summed E-state index contributed by atoms with van der Waals surface area (Å²) in [6, 6.07) is 14.3. The Balaban J connectivity index is 1.62. The monoisotopic (exact) mass is 408 g/mol. The summed E-state index contributed by atoms with van der Waals surface area (Å²) in [4.78, 5) is 27.3. The van der Waals surface area contributed by atoms with E-state index in [4.69, 9.17) is 9.47 Å². The number of nitrogens with one attached hydrogen (secondary N) is 2. The Labute approximate surface area is 174 Å². The Hall–Kier alpha value is -3.68. The Morgan fingerprint density at radius 3 is 2.53 bits per heavy atom. The molecular formula is C22H24N4O4. The highest BCUT2D eigenvalue weighted by Crippen LogP contribution is 2.21. The van der Waals surface area contributed by atoms with Crippen LogP contribution in [0.25, 0.3) is 11.4 Å². The van der Waals surface area contributed by atoms with Crippen molar-refractivity contribution in [2.75, 3.05) is 12.4 Å². The maximum atomic E-state index is 12.4. The highest BCUT2D eigenvalue weighted by molar-refractivity contribution is 5.90. The number of aromatic nitrogens is 3. The number of ether oxygens (including phenoxy) is 2. The Morgan fingerprint density at radius 2 is 1.87 bits per heavy atom. The second-order valence-corrected chi connectivity index (χ2v) is 6.92. The van der Waals surface area contributed by atoms with Crippen LogP contribution in [0.5, 0.6) is 11.5 Å². The van der Waals surface area contributed by atoms with Crippen LogP contribution in [-0.2, 0) is 11.2 Å². The third-order valence-corrected chi connectivity index (χ3v) is 4.21. The van der Waals surface area contributed by atoms with Gasteiger partial charge in [0.1, 0.15) is 17.2 Å². The van der Waals surface area contributed by atoms with Crippen LogP contribution in [0.15, 0.2) is 53.3 Å². The van der Waals surface area contributed by atoms with E-state index >= 15 is 0 Å². The van der Waals surface area contributed by atoms with Gasteiger partial charge in [0.15, 0.2) is 5.82 Å². The minimum absolute atomic E-state index is 0.0387. The maximum Gasteiger partial charge on any atom is 0.273 e. The number of amides is 1. The molecule has 3 aromatic rings. The van der Waals surface area contributed by atoms with Crippen molar-refractivity contribution in [2.24, 2.45) is 0 Å². The number of methoxy groups -OCH3 is 1. The molecule has 2 N–H and O–H groups in total. The number of hydrogen-bond donors (Lipinski definition) is 2. The molecule has 1 aromatic heterocycles. The number of aromatic amines is 1. The van der Waals surface area contributed by atoms with Gasteiger partial charge in [-0.25, -0.2) is 0 Å². The van der Waals surface area contributed by atoms with Gasteiger partial charge < -0.3 is 19.8 Å². The number of nitrogens with zero attached hydrogens (tertiary/aromatic N) is 2. The van der Waals surface area contributed by atoms with Crippen molar-refractivity contribution in [2.45, 2.75) is 32.8 Å². The summed E-state index contributed by atoms with van der Waals surface area (Å²) in [6.07, 6.45) is 0.332. The SMILES string of the molecule is COc1ccc(NC(=O)CCc2nnc(-c3cccc(OC(C)C)c3)[nH]c2=O)cc1. The molecule has 0 unspecified atom stereocenters. The fraction of sp³-hybridized carbons (Fsp3) is 0.273. The van der Waals surface area contributed by atoms with E-state index in [1.165, 1.54) is 0 Å². The highest BCUT2D eigenvalue weighted by Gasteiger charge is 2.11. The summed E-state index contributed by atoms with van der Waals surface area (Å²) in [5.41, 5.74) is 1.19. The number of rotatable bonds is 8. The van der Waals surface area contributed by atoms with E-state index in [1.54, 1.807) is 37.4 Å². The molecule has 0 atom stereocenters. The number of H-pyrrole nitrogens is 1. The first kappa shape index (κ1) is 21.0. The van der Waals surface area contributed by atoms with Crippen molar-refractivity contribution in [3.8, 4) is 22.9 Å². The molecule has 8 nitrogen and oxygen atoms in total. The van der Waals surface area contributed by atoms with Gasteiger partial charge in [-0.05, 0) is 50.2 Å². The van der Waals surface area contributed by atoms with Crippen molar-refractivity contribution >= 4 is 11.6 Å². The standard InChI is InChI=1S/C22H24N4O4/c1-14(2)30-18-6-4-5-15(13-18)21-24-22(28)19(25-26-21)11-12-20(27)23-16-7-9-17(29-3)10-8-16/h4-10,13-14H,11-12H2,1-3H3,(H,23,27)(H,24,26,28). The molecule has 0 radical (unpaired) electrons. The quantitative estimate of drug-likeness (QED) is 0.593. The maximum absolute atomic E-state index is 12.4. The van der Waals surface area contributed by atoms with Gasteiger partial charge in [0.05, 0.1) is 13.2 Å². The average Bonchev–Trinajstić information content (AvgIpc) is 2.73. The Morgan fingerprint density at radius 1 is 1.10 bits per heavy atom. The van der Waals surface area contributed by atoms with Crippen LogP contribution in [0.2, 0.25) is 0 Å². The van der Waals surface area contributed by atoms with Crippen molar-refractivity contribution in [1.29, 1.82) is 0 Å². The number of carbonyl (C=O) groups is 1. The zero-order valence-corrected chi connectivity index (χ0v) is 17.1. The summed E-state index contributed by atoms with van der Waals surface area (Å²) < 4.78 is 10.7. The van der Waals surface area contributed by atoms with Gasteiger partial charge in [-0.2, -0.15) is 0 Å². The van der Waals surface area contributed by atoms with Crippen molar-refractivity contribution in [1.82, 2.24) is 15.2 Å². The lowest BCUT2D eigenvalue weighted by atomic mass is 10.2. The van der Waals surface area contributed by atoms with Gasteiger partial charge in [0.25, 0.3) is 5.56 Å². The van der Waals surface area contributed by atoms with Crippen molar-refractivity contribution in [3.63, 3.8) is 0 Å². The molecule has 156 valence electrons. The lowest BCUT2D eigenvalue weighted by Gasteiger charge is -2.10. The fourth-order valence-electron chi connectivity index (χ4n) is 2.77. The topological polar surface area (TPSA) is 106 Å². The summed E-state index contributed by atoms with van der Waals surface area (Å²) in [5.74, 6) is 1.52. The molecule has 1 heterocycles. The number of hydrogen-bond acceptors (Lipinski definition) is 6. The van der Waals surface area contributed by atoms with Gasteiger partial charge in [-0.15, -0.1) is 10.2 Å². The number of aryl methyl sites for hydroxylation is 1. The van der Waals surface area contributed by atoms with E-state index in [1.807, 2.05) is 32.0 Å². The molecular weight excluding hydrogens is 384 g/mol. The first-order chi connectivity index (χ1) is 14.4. The van der Waals surface area contributed by atoms with Crippen LogP contribution in [-0.4, -0.2) is 34.3 Å². The number of anilines is 1. The highest BCUT2D eigenvalue weighted by atomic mass is 16.5. The van der Waals surface area contributed by atoms with Crippen LogP contribution in [0.1, 0.15) is 26.0 Å². The van der Waals surface area contributed by atoms with E-state index in [2.05, 4.69) is 20.5 Å². The molecule has 0 aliphatic heterocycles. The Bertz CT molecular complexity index is 1060. The Kier molecular flexibility index (Phi) is 6.79. The first-order valence-electron chi connectivity index (χ1n) is 9.61. The molecule has 0 saturated heterocycles. The first-order valence-corrected chi connectivity index (χ1v) is 9.61. The molecule has 8 heteroatoms. The van der Waals surface area contributed by atoms with Crippen molar-refractivity contribution < 1.29 is 14.3 Å². The molecule has 3 rings (SSSR count). The van der Waals surface area contributed by atoms with Crippen LogP contribution in [0, 0.1) is 0 Å². The van der Waals surface area contributed by atoms with Crippen molar-refractivity contribution in [3.05, 3.63) is 64.6 Å². The predicted octanol–water partition coefficient (Wildman–Crippen LogP) is 3.20. The summed E-state index contributed by atoms with van der Waals surface area (Å²) >= 11 is 0. The molecule has 1 amide bonds. The third-order valence-electron chi connectivity index (χ3n) is 4.21. The minimum atomic E-state index is -0.368. The van der Waals surface area contributed by atoms with Crippen LogP contribution in [0.3, 0.4) is 0 Å². The van der Waals surface area contributed by atoms with Gasteiger partial charge in [0.2, 0.25) is 5.91 Å². The predicted molar refractivity (Wildman–Crippen MR) is 114 cm³/mol. The normalized spacial score (nSPS) is 10.7. The molecule has 2 aromatic carbocycles. The van der Waals surface area contributed by atoms with Crippen LogP contribution in [0.4, 0.5) is 5.69 Å². The minimum Gasteiger partial charge on any atom is -0.497 e. The largest absolute Gasteiger partial charge is 0.497 e. The lowest BCUT2D eigenvalue weighted by molar-refractivity contribution is -0.116. The van der Waals surface area contributed by atoms with E-state index in [0.29, 0.717) is 28.6 Å². The molecule has 0 aliphatic carbocycles. The summed E-state index contributed by atoms with van der Waals surface area (Å²) in [7, 11) is 1.58. The van der Waals surface area contributed by atoms with Crippen LogP contribution < -0.4 is 20.3 Å². The molecule has 0 fully saturated rings. The molecule has 0 spiro atoms. The number of benzene rings is 2. The third kappa shape index (κ3) is 5.66. The second-order valence-electron chi connectivity index (χ2n) is 6.92. The van der Waals surface area contributed by atoms with E-state index in [0.717, 1.165) is 0 Å². The second kappa shape index (κ2) is 9.69. The van der Waals surface area contributed by atoms with Crippen LogP contribution >= 0.6 is 0 Å².